The van der Waals surface area contributed by atoms with E-state index < -0.39 is 33.1 Å². The van der Waals surface area contributed by atoms with Gasteiger partial charge in [-0.1, -0.05) is 13.8 Å². The quantitative estimate of drug-likeness (QED) is 0.605. The van der Waals surface area contributed by atoms with Crippen molar-refractivity contribution in [1.29, 1.82) is 0 Å². The predicted octanol–water partition coefficient (Wildman–Crippen LogP) is -0.0302. The average Bonchev–Trinajstić information content (AvgIpc) is 2.29. The molecule has 0 spiro atoms. The van der Waals surface area contributed by atoms with Crippen molar-refractivity contribution in [2.24, 2.45) is 5.41 Å². The second-order valence-electron chi connectivity index (χ2n) is 3.95. The molecule has 0 bridgehead atoms. The minimum atomic E-state index is -3.87. The van der Waals surface area contributed by atoms with Crippen LogP contribution in [0.4, 0.5) is 0 Å². The van der Waals surface area contributed by atoms with Gasteiger partial charge in [0.25, 0.3) is 0 Å². The Morgan fingerprint density at radius 1 is 1.28 bits per heavy atom. The standard InChI is InChI=1S/C10H19NO6S/c1-4-10(5-2,9(13)14)7-11-18(15,16)6-8(12)17-3/h11H,4-7H2,1-3H3,(H,13,14). The van der Waals surface area contributed by atoms with E-state index in [1.54, 1.807) is 13.8 Å². The molecule has 8 heteroatoms. The summed E-state index contributed by atoms with van der Waals surface area (Å²) in [4.78, 5) is 22.0. The minimum absolute atomic E-state index is 0.241. The van der Waals surface area contributed by atoms with Crippen LogP contribution in [0.2, 0.25) is 0 Å². The van der Waals surface area contributed by atoms with E-state index in [2.05, 4.69) is 9.46 Å². The number of carboxylic acids is 1. The number of hydrogen-bond donors (Lipinski definition) is 2. The van der Waals surface area contributed by atoms with Crippen molar-refractivity contribution >= 4 is 22.0 Å². The maximum atomic E-state index is 11.5. The van der Waals surface area contributed by atoms with Gasteiger partial charge in [0.05, 0.1) is 12.5 Å². The van der Waals surface area contributed by atoms with Gasteiger partial charge in [-0.25, -0.2) is 13.1 Å². The van der Waals surface area contributed by atoms with Crippen molar-refractivity contribution in [2.75, 3.05) is 19.4 Å². The molecule has 18 heavy (non-hydrogen) atoms. The molecule has 106 valence electrons. The molecule has 0 aliphatic carbocycles. The summed E-state index contributed by atoms with van der Waals surface area (Å²) >= 11 is 0. The molecular formula is C10H19NO6S. The summed E-state index contributed by atoms with van der Waals surface area (Å²) in [7, 11) is -2.79. The van der Waals surface area contributed by atoms with Crippen LogP contribution in [0.3, 0.4) is 0 Å². The molecule has 0 atom stereocenters. The third-order valence-corrected chi connectivity index (χ3v) is 4.17. The lowest BCUT2D eigenvalue weighted by atomic mass is 9.83. The fourth-order valence-corrected chi connectivity index (χ4v) is 2.42. The van der Waals surface area contributed by atoms with Crippen LogP contribution < -0.4 is 4.72 Å². The van der Waals surface area contributed by atoms with Gasteiger partial charge in [0.1, 0.15) is 0 Å². The number of sulfonamides is 1. The number of nitrogens with one attached hydrogen (secondary N) is 1. The van der Waals surface area contributed by atoms with E-state index in [-0.39, 0.29) is 6.54 Å². The highest BCUT2D eigenvalue weighted by atomic mass is 32.2. The zero-order chi connectivity index (χ0) is 14.4. The molecule has 0 radical (unpaired) electrons. The van der Waals surface area contributed by atoms with Gasteiger partial charge in [-0.15, -0.1) is 0 Å². The molecule has 0 aromatic heterocycles. The molecular weight excluding hydrogens is 262 g/mol. The SMILES string of the molecule is CCC(CC)(CNS(=O)(=O)CC(=O)OC)C(=O)O. The lowest BCUT2D eigenvalue weighted by molar-refractivity contribution is -0.149. The first kappa shape index (κ1) is 16.9. The molecule has 0 fully saturated rings. The Hall–Kier alpha value is -1.15. The van der Waals surface area contributed by atoms with Crippen molar-refractivity contribution in [1.82, 2.24) is 4.72 Å². The topological polar surface area (TPSA) is 110 Å². The minimum Gasteiger partial charge on any atom is -0.481 e. The van der Waals surface area contributed by atoms with Crippen LogP contribution in [0.15, 0.2) is 0 Å². The molecule has 0 aliphatic rings. The summed E-state index contributed by atoms with van der Waals surface area (Å²) in [5.74, 6) is -2.77. The van der Waals surface area contributed by atoms with Gasteiger partial charge in [0, 0.05) is 6.54 Å². The van der Waals surface area contributed by atoms with Gasteiger partial charge in [0.15, 0.2) is 5.75 Å². The fraction of sp³-hybridized carbons (Fsp3) is 0.800. The van der Waals surface area contributed by atoms with Crippen molar-refractivity contribution in [3.05, 3.63) is 0 Å². The summed E-state index contributed by atoms with van der Waals surface area (Å²) in [5.41, 5.74) is -1.15. The second-order valence-corrected chi connectivity index (χ2v) is 5.76. The summed E-state index contributed by atoms with van der Waals surface area (Å²) in [6.45, 7) is 3.10. The first-order valence-electron chi connectivity index (χ1n) is 5.50. The van der Waals surface area contributed by atoms with E-state index in [4.69, 9.17) is 5.11 Å². The molecule has 2 N–H and O–H groups in total. The number of rotatable bonds is 8. The van der Waals surface area contributed by atoms with Gasteiger partial charge in [-0.05, 0) is 12.8 Å². The molecule has 0 aliphatic heterocycles. The number of aliphatic carboxylic acids is 1. The Labute approximate surface area is 107 Å². The van der Waals surface area contributed by atoms with E-state index in [1.807, 2.05) is 0 Å². The van der Waals surface area contributed by atoms with Crippen LogP contribution in [-0.4, -0.2) is 44.9 Å². The van der Waals surface area contributed by atoms with Gasteiger partial charge in [-0.2, -0.15) is 0 Å². The Bertz CT molecular complexity index is 399. The number of carboxylic acid groups (broad SMARTS) is 1. The van der Waals surface area contributed by atoms with Crippen molar-refractivity contribution < 1.29 is 27.9 Å². The molecule has 0 amide bonds. The zero-order valence-corrected chi connectivity index (χ0v) is 11.5. The van der Waals surface area contributed by atoms with Gasteiger partial charge in [-0.3, -0.25) is 9.59 Å². The summed E-state index contributed by atoms with van der Waals surface area (Å²) in [6.07, 6.45) is 0.582. The Morgan fingerprint density at radius 2 is 1.78 bits per heavy atom. The molecule has 0 aromatic rings. The lowest BCUT2D eigenvalue weighted by Gasteiger charge is -2.26. The average molecular weight is 281 g/mol. The first-order chi connectivity index (χ1) is 8.23. The highest BCUT2D eigenvalue weighted by Gasteiger charge is 2.36. The molecule has 0 heterocycles. The number of hydrogen-bond acceptors (Lipinski definition) is 5. The largest absolute Gasteiger partial charge is 0.481 e. The number of methoxy groups -OCH3 is 1. The number of carbonyl (C=O) groups is 2. The van der Waals surface area contributed by atoms with Crippen molar-refractivity contribution in [2.45, 2.75) is 26.7 Å². The number of esters is 1. The zero-order valence-electron chi connectivity index (χ0n) is 10.7. The lowest BCUT2D eigenvalue weighted by Crippen LogP contribution is -2.43. The van der Waals surface area contributed by atoms with E-state index in [1.165, 1.54) is 0 Å². The summed E-state index contributed by atoms with van der Waals surface area (Å²) in [5, 5.41) is 9.12. The van der Waals surface area contributed by atoms with Crippen LogP contribution in [0.1, 0.15) is 26.7 Å². The Kier molecular flexibility index (Phi) is 6.27. The van der Waals surface area contributed by atoms with E-state index in [9.17, 15) is 18.0 Å². The number of carbonyl (C=O) groups excluding carboxylic acids is 1. The van der Waals surface area contributed by atoms with E-state index in [0.29, 0.717) is 12.8 Å². The normalized spacial score (nSPS) is 12.2. The molecule has 0 saturated carbocycles. The van der Waals surface area contributed by atoms with Crippen molar-refractivity contribution in [3.8, 4) is 0 Å². The number of ether oxygens (including phenoxy) is 1. The van der Waals surface area contributed by atoms with Crippen LogP contribution in [-0.2, 0) is 24.3 Å². The third kappa shape index (κ3) is 4.61. The van der Waals surface area contributed by atoms with Gasteiger partial charge in [0.2, 0.25) is 10.0 Å². The van der Waals surface area contributed by atoms with E-state index in [0.717, 1.165) is 7.11 Å². The summed E-state index contributed by atoms with van der Waals surface area (Å²) < 4.78 is 29.4. The Balaban J connectivity index is 4.72. The molecule has 7 nitrogen and oxygen atoms in total. The predicted molar refractivity (Wildman–Crippen MR) is 64.5 cm³/mol. The third-order valence-electron chi connectivity index (χ3n) is 2.97. The summed E-state index contributed by atoms with van der Waals surface area (Å²) in [6, 6.07) is 0. The molecule has 0 rings (SSSR count). The second kappa shape index (κ2) is 6.69. The Morgan fingerprint density at radius 3 is 2.11 bits per heavy atom. The maximum Gasteiger partial charge on any atom is 0.322 e. The van der Waals surface area contributed by atoms with Crippen molar-refractivity contribution in [3.63, 3.8) is 0 Å². The maximum absolute atomic E-state index is 11.5. The highest BCUT2D eigenvalue weighted by Crippen LogP contribution is 2.25. The van der Waals surface area contributed by atoms with Crippen LogP contribution in [0.5, 0.6) is 0 Å². The fourth-order valence-electron chi connectivity index (χ4n) is 1.39. The van der Waals surface area contributed by atoms with Gasteiger partial charge < -0.3 is 9.84 Å². The molecule has 0 unspecified atom stereocenters. The molecule has 0 saturated heterocycles. The highest BCUT2D eigenvalue weighted by molar-refractivity contribution is 7.90. The van der Waals surface area contributed by atoms with Crippen LogP contribution in [0, 0.1) is 5.41 Å². The van der Waals surface area contributed by atoms with E-state index >= 15 is 0 Å². The van der Waals surface area contributed by atoms with Crippen LogP contribution >= 0.6 is 0 Å². The van der Waals surface area contributed by atoms with Gasteiger partial charge >= 0.3 is 11.9 Å². The first-order valence-corrected chi connectivity index (χ1v) is 7.15. The smallest absolute Gasteiger partial charge is 0.322 e. The van der Waals surface area contributed by atoms with Crippen LogP contribution in [0.25, 0.3) is 0 Å². The monoisotopic (exact) mass is 281 g/mol. The molecule has 0 aromatic carbocycles.